The van der Waals surface area contributed by atoms with Gasteiger partial charge in [0, 0.05) is 0 Å². The van der Waals surface area contributed by atoms with E-state index in [1.165, 1.54) is 11.1 Å². The lowest BCUT2D eigenvalue weighted by molar-refractivity contribution is -0.137. The number of benzene rings is 2. The number of ether oxygens (including phenoxy) is 1. The molecular formula is C18H20O2. The fraction of sp³-hybridized carbons (Fsp3) is 0.278. The van der Waals surface area contributed by atoms with E-state index in [1.807, 2.05) is 44.2 Å². The zero-order valence-corrected chi connectivity index (χ0v) is 12.0. The Morgan fingerprint density at radius 2 is 1.45 bits per heavy atom. The minimum absolute atomic E-state index is 0.104. The largest absolute Gasteiger partial charge is 0.426 e. The maximum Gasteiger partial charge on any atom is 0.313 e. The van der Waals surface area contributed by atoms with Crippen molar-refractivity contribution in [3.63, 3.8) is 0 Å². The molecule has 0 spiro atoms. The van der Waals surface area contributed by atoms with E-state index in [-0.39, 0.29) is 11.9 Å². The van der Waals surface area contributed by atoms with E-state index < -0.39 is 0 Å². The molecule has 2 heteroatoms. The monoisotopic (exact) mass is 268 g/mol. The fourth-order valence-corrected chi connectivity index (χ4v) is 1.89. The molecule has 0 N–H and O–H groups in total. The molecule has 0 aliphatic rings. The summed E-state index contributed by atoms with van der Waals surface area (Å²) in [5.74, 6) is 0.321. The first-order chi connectivity index (χ1) is 9.65. The van der Waals surface area contributed by atoms with Crippen molar-refractivity contribution in [2.24, 2.45) is 5.92 Å². The van der Waals surface area contributed by atoms with Crippen LogP contribution in [0.15, 0.2) is 54.6 Å². The van der Waals surface area contributed by atoms with Gasteiger partial charge < -0.3 is 4.74 Å². The first kappa shape index (κ1) is 14.3. The van der Waals surface area contributed by atoms with Gasteiger partial charge in [-0.15, -0.1) is 0 Å². The van der Waals surface area contributed by atoms with Crippen LogP contribution in [0.2, 0.25) is 0 Å². The van der Waals surface area contributed by atoms with E-state index in [9.17, 15) is 4.79 Å². The molecule has 0 aliphatic carbocycles. The normalized spacial score (nSPS) is 10.6. The highest BCUT2D eigenvalue weighted by atomic mass is 16.5. The summed E-state index contributed by atoms with van der Waals surface area (Å²) in [5.41, 5.74) is 2.58. The van der Waals surface area contributed by atoms with Crippen LogP contribution in [0.5, 0.6) is 5.75 Å². The van der Waals surface area contributed by atoms with Crippen LogP contribution in [0.4, 0.5) is 0 Å². The van der Waals surface area contributed by atoms with Crippen molar-refractivity contribution < 1.29 is 9.53 Å². The van der Waals surface area contributed by atoms with Gasteiger partial charge in [-0.1, -0.05) is 56.3 Å². The second-order valence-electron chi connectivity index (χ2n) is 5.21. The third-order valence-electron chi connectivity index (χ3n) is 3.16. The van der Waals surface area contributed by atoms with Crippen molar-refractivity contribution >= 4 is 5.97 Å². The lowest BCUT2D eigenvalue weighted by Crippen LogP contribution is -2.14. The average Bonchev–Trinajstić information content (AvgIpc) is 2.47. The summed E-state index contributed by atoms with van der Waals surface area (Å²) in [4.78, 5) is 11.5. The van der Waals surface area contributed by atoms with Crippen LogP contribution in [0, 0.1) is 5.92 Å². The number of carbonyl (C=O) groups excluding carboxylic acids is 1. The van der Waals surface area contributed by atoms with Gasteiger partial charge in [-0.25, -0.2) is 0 Å². The number of carbonyl (C=O) groups is 1. The van der Waals surface area contributed by atoms with Gasteiger partial charge in [0.15, 0.2) is 0 Å². The smallest absolute Gasteiger partial charge is 0.313 e. The van der Waals surface area contributed by atoms with Crippen molar-refractivity contribution in [2.75, 3.05) is 0 Å². The molecule has 0 amide bonds. The second kappa shape index (κ2) is 6.90. The maximum atomic E-state index is 11.5. The highest BCUT2D eigenvalue weighted by Crippen LogP contribution is 2.15. The molecule has 0 saturated carbocycles. The van der Waals surface area contributed by atoms with Gasteiger partial charge in [-0.2, -0.15) is 0 Å². The van der Waals surface area contributed by atoms with Crippen LogP contribution < -0.4 is 4.74 Å². The zero-order valence-electron chi connectivity index (χ0n) is 12.0. The Morgan fingerprint density at radius 1 is 0.900 bits per heavy atom. The maximum absolute atomic E-state index is 11.5. The summed E-state index contributed by atoms with van der Waals surface area (Å²) < 4.78 is 5.25. The summed E-state index contributed by atoms with van der Waals surface area (Å²) in [6, 6.07) is 18.2. The molecule has 0 aliphatic heterocycles. The molecule has 0 radical (unpaired) electrons. The Labute approximate surface area is 120 Å². The predicted molar refractivity (Wildman–Crippen MR) is 80.8 cm³/mol. The second-order valence-corrected chi connectivity index (χ2v) is 5.21. The molecule has 0 saturated heterocycles. The highest BCUT2D eigenvalue weighted by Gasteiger charge is 2.09. The molecule has 20 heavy (non-hydrogen) atoms. The molecule has 2 rings (SSSR count). The molecule has 0 unspecified atom stereocenters. The van der Waals surface area contributed by atoms with Crippen LogP contribution >= 0.6 is 0 Å². The van der Waals surface area contributed by atoms with Gasteiger partial charge in [0.05, 0.1) is 5.92 Å². The molecule has 0 fully saturated rings. The predicted octanol–water partition coefficient (Wildman–Crippen LogP) is 4.03. The van der Waals surface area contributed by atoms with Crippen LogP contribution in [0.1, 0.15) is 25.0 Å². The standard InChI is InChI=1S/C18H20O2/c1-14(2)18(19)20-17-12-10-16(11-13-17)9-8-15-6-4-3-5-7-15/h3-7,10-14H,8-9H2,1-2H3. The quantitative estimate of drug-likeness (QED) is 0.604. The molecule has 0 bridgehead atoms. The minimum Gasteiger partial charge on any atom is -0.426 e. The molecule has 0 atom stereocenters. The number of aryl methyl sites for hydroxylation is 2. The van der Waals surface area contributed by atoms with E-state index in [0.29, 0.717) is 5.75 Å². The first-order valence-corrected chi connectivity index (χ1v) is 6.99. The van der Waals surface area contributed by atoms with Gasteiger partial charge in [-0.3, -0.25) is 4.79 Å². The summed E-state index contributed by atoms with van der Waals surface area (Å²) in [7, 11) is 0. The van der Waals surface area contributed by atoms with E-state index in [1.54, 1.807) is 0 Å². The highest BCUT2D eigenvalue weighted by molar-refractivity contribution is 5.74. The molecule has 0 aromatic heterocycles. The van der Waals surface area contributed by atoms with E-state index in [2.05, 4.69) is 24.3 Å². The van der Waals surface area contributed by atoms with Gasteiger partial charge in [0.25, 0.3) is 0 Å². The van der Waals surface area contributed by atoms with Gasteiger partial charge >= 0.3 is 5.97 Å². The van der Waals surface area contributed by atoms with Crippen molar-refractivity contribution in [1.29, 1.82) is 0 Å². The summed E-state index contributed by atoms with van der Waals surface area (Å²) in [6.07, 6.45) is 2.01. The van der Waals surface area contributed by atoms with Gasteiger partial charge in [0.1, 0.15) is 5.75 Å². The molecule has 2 nitrogen and oxygen atoms in total. The van der Waals surface area contributed by atoms with Crippen molar-refractivity contribution in [2.45, 2.75) is 26.7 Å². The average molecular weight is 268 g/mol. The summed E-state index contributed by atoms with van der Waals surface area (Å²) in [6.45, 7) is 3.66. The van der Waals surface area contributed by atoms with Crippen molar-refractivity contribution in [3.8, 4) is 5.75 Å². The van der Waals surface area contributed by atoms with Gasteiger partial charge in [-0.05, 0) is 36.1 Å². The van der Waals surface area contributed by atoms with E-state index >= 15 is 0 Å². The fourth-order valence-electron chi connectivity index (χ4n) is 1.89. The molecule has 0 heterocycles. The van der Waals surface area contributed by atoms with E-state index in [4.69, 9.17) is 4.74 Å². The minimum atomic E-state index is -0.193. The van der Waals surface area contributed by atoms with Crippen LogP contribution in [-0.2, 0) is 17.6 Å². The van der Waals surface area contributed by atoms with Gasteiger partial charge in [0.2, 0.25) is 0 Å². The Hall–Kier alpha value is -2.09. The van der Waals surface area contributed by atoms with Crippen molar-refractivity contribution in [1.82, 2.24) is 0 Å². The topological polar surface area (TPSA) is 26.3 Å². The SMILES string of the molecule is CC(C)C(=O)Oc1ccc(CCc2ccccc2)cc1. The third kappa shape index (κ3) is 4.23. The molecular weight excluding hydrogens is 248 g/mol. The summed E-state index contributed by atoms with van der Waals surface area (Å²) >= 11 is 0. The lowest BCUT2D eigenvalue weighted by Gasteiger charge is -2.07. The van der Waals surface area contributed by atoms with E-state index in [0.717, 1.165) is 12.8 Å². The number of hydrogen-bond donors (Lipinski definition) is 0. The van der Waals surface area contributed by atoms with Crippen LogP contribution in [0.25, 0.3) is 0 Å². The zero-order chi connectivity index (χ0) is 14.4. The van der Waals surface area contributed by atoms with Crippen LogP contribution in [0.3, 0.4) is 0 Å². The summed E-state index contributed by atoms with van der Waals surface area (Å²) in [5, 5.41) is 0. The van der Waals surface area contributed by atoms with Crippen molar-refractivity contribution in [3.05, 3.63) is 65.7 Å². The molecule has 2 aromatic rings. The van der Waals surface area contributed by atoms with Crippen LogP contribution in [-0.4, -0.2) is 5.97 Å². The Kier molecular flexibility index (Phi) is 4.94. The molecule has 2 aromatic carbocycles. The Balaban J connectivity index is 1.90. The number of esters is 1. The third-order valence-corrected chi connectivity index (χ3v) is 3.16. The Morgan fingerprint density at radius 3 is 2.00 bits per heavy atom. The first-order valence-electron chi connectivity index (χ1n) is 6.99. The lowest BCUT2D eigenvalue weighted by atomic mass is 10.0. The Bertz CT molecular complexity index is 541. The number of hydrogen-bond acceptors (Lipinski definition) is 2. The number of rotatable bonds is 5. The molecule has 104 valence electrons.